The minimum atomic E-state index is -4.98. The Morgan fingerprint density at radius 1 is 1.23 bits per heavy atom. The van der Waals surface area contributed by atoms with E-state index in [9.17, 15) is 22.8 Å². The Kier molecular flexibility index (Phi) is 7.11. The first kappa shape index (κ1) is 23.3. The van der Waals surface area contributed by atoms with Gasteiger partial charge in [-0.05, 0) is 30.9 Å². The highest BCUT2D eigenvalue weighted by Crippen LogP contribution is 2.45. The fourth-order valence-electron chi connectivity index (χ4n) is 3.94. The number of likely N-dealkylation sites (tertiary alicyclic amines) is 1. The summed E-state index contributed by atoms with van der Waals surface area (Å²) in [4.78, 5) is 26.6. The van der Waals surface area contributed by atoms with E-state index in [2.05, 4.69) is 10.1 Å². The molecular formula is C22H24ClF3N2O3. The van der Waals surface area contributed by atoms with E-state index in [1.54, 1.807) is 37.3 Å². The number of piperidine rings is 1. The van der Waals surface area contributed by atoms with E-state index in [4.69, 9.17) is 11.6 Å². The van der Waals surface area contributed by atoms with Crippen molar-refractivity contribution in [3.8, 4) is 0 Å². The molecule has 0 spiro atoms. The zero-order valence-corrected chi connectivity index (χ0v) is 17.8. The molecule has 9 heteroatoms. The van der Waals surface area contributed by atoms with Crippen LogP contribution in [0.15, 0.2) is 48.2 Å². The van der Waals surface area contributed by atoms with Crippen LogP contribution < -0.4 is 5.32 Å². The highest BCUT2D eigenvalue weighted by molar-refractivity contribution is 6.29. The van der Waals surface area contributed by atoms with E-state index >= 15 is 0 Å². The molecule has 1 aliphatic heterocycles. The van der Waals surface area contributed by atoms with Crippen LogP contribution >= 0.6 is 11.6 Å². The SMILES string of the molecule is CCC(=O)N1CCCCC1C(=O)NC1=CC=C(c2ccccc2)C(Cl)(OC(F)(F)F)C1. The number of hydrogen-bond acceptors (Lipinski definition) is 3. The lowest BCUT2D eigenvalue weighted by atomic mass is 9.92. The first-order chi connectivity index (χ1) is 14.6. The Morgan fingerprint density at radius 2 is 1.94 bits per heavy atom. The lowest BCUT2D eigenvalue weighted by molar-refractivity contribution is -0.342. The second-order valence-corrected chi connectivity index (χ2v) is 8.14. The fourth-order valence-corrected chi connectivity index (χ4v) is 4.35. The summed E-state index contributed by atoms with van der Waals surface area (Å²) in [7, 11) is 0. The van der Waals surface area contributed by atoms with Gasteiger partial charge in [0, 0.05) is 30.7 Å². The maximum Gasteiger partial charge on any atom is 0.524 e. The van der Waals surface area contributed by atoms with Gasteiger partial charge >= 0.3 is 6.36 Å². The molecule has 1 aromatic rings. The molecule has 0 radical (unpaired) electrons. The van der Waals surface area contributed by atoms with E-state index in [0.717, 1.165) is 12.8 Å². The third-order valence-electron chi connectivity index (χ3n) is 5.35. The number of halogens is 4. The molecule has 1 heterocycles. The van der Waals surface area contributed by atoms with Crippen LogP contribution in [0.1, 0.15) is 44.6 Å². The minimum absolute atomic E-state index is 0.129. The second kappa shape index (κ2) is 9.44. The summed E-state index contributed by atoms with van der Waals surface area (Å²) < 4.78 is 43.8. The van der Waals surface area contributed by atoms with Crippen molar-refractivity contribution in [3.05, 3.63) is 53.7 Å². The number of ether oxygens (including phenoxy) is 1. The van der Waals surface area contributed by atoms with Gasteiger partial charge in [0.1, 0.15) is 6.04 Å². The largest absolute Gasteiger partial charge is 0.524 e. The van der Waals surface area contributed by atoms with Crippen molar-refractivity contribution in [2.45, 2.75) is 56.5 Å². The summed E-state index contributed by atoms with van der Waals surface area (Å²) in [5.74, 6) is -0.564. The second-order valence-electron chi connectivity index (χ2n) is 7.53. The zero-order chi connectivity index (χ0) is 22.6. The van der Waals surface area contributed by atoms with Gasteiger partial charge in [-0.3, -0.25) is 14.3 Å². The maximum absolute atomic E-state index is 13.1. The van der Waals surface area contributed by atoms with Gasteiger partial charge in [0.15, 0.2) is 5.06 Å². The summed E-state index contributed by atoms with van der Waals surface area (Å²) in [5.41, 5.74) is 0.819. The smallest absolute Gasteiger partial charge is 0.331 e. The normalized spacial score (nSPS) is 24.3. The van der Waals surface area contributed by atoms with Gasteiger partial charge in [-0.2, -0.15) is 0 Å². The van der Waals surface area contributed by atoms with Crippen LogP contribution in [0, 0.1) is 0 Å². The van der Waals surface area contributed by atoms with Crippen molar-refractivity contribution in [2.24, 2.45) is 0 Å². The van der Waals surface area contributed by atoms with E-state index in [-0.39, 0.29) is 23.6 Å². The van der Waals surface area contributed by atoms with Crippen LogP contribution in [0.3, 0.4) is 0 Å². The molecule has 1 aromatic carbocycles. The lowest BCUT2D eigenvalue weighted by Crippen LogP contribution is -2.52. The number of carbonyl (C=O) groups excluding carboxylic acids is 2. The highest BCUT2D eigenvalue weighted by atomic mass is 35.5. The summed E-state index contributed by atoms with van der Waals surface area (Å²) in [6, 6.07) is 7.72. The van der Waals surface area contributed by atoms with Gasteiger partial charge in [0.05, 0.1) is 0 Å². The quantitative estimate of drug-likeness (QED) is 0.651. The van der Waals surface area contributed by atoms with Gasteiger partial charge in [0.2, 0.25) is 11.8 Å². The molecule has 1 aliphatic carbocycles. The molecule has 2 amide bonds. The molecule has 3 rings (SSSR count). The van der Waals surface area contributed by atoms with Crippen molar-refractivity contribution in [1.29, 1.82) is 0 Å². The van der Waals surface area contributed by atoms with E-state index < -0.39 is 29.8 Å². The molecular weight excluding hydrogens is 433 g/mol. The third-order valence-corrected chi connectivity index (χ3v) is 5.76. The Bertz CT molecular complexity index is 886. The zero-order valence-electron chi connectivity index (χ0n) is 17.0. The van der Waals surface area contributed by atoms with E-state index in [0.29, 0.717) is 18.5 Å². The molecule has 2 atom stereocenters. The summed E-state index contributed by atoms with van der Waals surface area (Å²) in [6.07, 6.45) is -0.0466. The van der Waals surface area contributed by atoms with Crippen LogP contribution in [0.25, 0.3) is 5.57 Å². The van der Waals surface area contributed by atoms with Gasteiger partial charge in [-0.25, -0.2) is 0 Å². The molecule has 0 bridgehead atoms. The van der Waals surface area contributed by atoms with Gasteiger partial charge < -0.3 is 10.2 Å². The molecule has 2 aliphatic rings. The number of carbonyl (C=O) groups is 2. The molecule has 2 unspecified atom stereocenters. The molecule has 1 N–H and O–H groups in total. The first-order valence-electron chi connectivity index (χ1n) is 10.2. The first-order valence-corrected chi connectivity index (χ1v) is 10.5. The molecule has 0 saturated carbocycles. The monoisotopic (exact) mass is 456 g/mol. The van der Waals surface area contributed by atoms with Gasteiger partial charge in [0.25, 0.3) is 0 Å². The van der Waals surface area contributed by atoms with Crippen molar-refractivity contribution < 1.29 is 27.5 Å². The maximum atomic E-state index is 13.1. The van der Waals surface area contributed by atoms with Crippen LogP contribution in [-0.4, -0.2) is 40.7 Å². The number of hydrogen-bond donors (Lipinski definition) is 1. The Labute approximate surface area is 183 Å². The van der Waals surface area contributed by atoms with Crippen molar-refractivity contribution in [2.75, 3.05) is 6.54 Å². The number of rotatable bonds is 5. The number of nitrogens with zero attached hydrogens (tertiary/aromatic N) is 1. The van der Waals surface area contributed by atoms with Crippen LogP contribution in [0.2, 0.25) is 0 Å². The van der Waals surface area contributed by atoms with E-state index in [1.165, 1.54) is 17.1 Å². The van der Waals surface area contributed by atoms with Crippen LogP contribution in [0.4, 0.5) is 13.2 Å². The molecule has 1 saturated heterocycles. The fraction of sp³-hybridized carbons (Fsp3) is 0.455. The number of allylic oxidation sites excluding steroid dienone is 2. The van der Waals surface area contributed by atoms with Gasteiger partial charge in [-0.1, -0.05) is 54.9 Å². The minimum Gasteiger partial charge on any atom is -0.331 e. The van der Waals surface area contributed by atoms with Crippen molar-refractivity contribution in [3.63, 3.8) is 0 Å². The Morgan fingerprint density at radius 3 is 2.58 bits per heavy atom. The average Bonchev–Trinajstić information content (AvgIpc) is 2.72. The van der Waals surface area contributed by atoms with Crippen molar-refractivity contribution >= 4 is 29.0 Å². The molecule has 5 nitrogen and oxygen atoms in total. The summed E-state index contributed by atoms with van der Waals surface area (Å²) >= 11 is 6.36. The van der Waals surface area contributed by atoms with E-state index in [1.807, 2.05) is 0 Å². The molecule has 1 fully saturated rings. The highest BCUT2D eigenvalue weighted by Gasteiger charge is 2.47. The topological polar surface area (TPSA) is 58.6 Å². The number of benzene rings is 1. The predicted octanol–water partition coefficient (Wildman–Crippen LogP) is 4.74. The average molecular weight is 457 g/mol. The Hall–Kier alpha value is -2.32. The Balaban J connectivity index is 1.85. The van der Waals surface area contributed by atoms with Crippen LogP contribution in [-0.2, 0) is 14.3 Å². The van der Waals surface area contributed by atoms with Crippen LogP contribution in [0.5, 0.6) is 0 Å². The third kappa shape index (κ3) is 5.68. The number of amides is 2. The number of alkyl halides is 4. The summed E-state index contributed by atoms with van der Waals surface area (Å²) in [5, 5.41) is 0.429. The van der Waals surface area contributed by atoms with Crippen molar-refractivity contribution in [1.82, 2.24) is 10.2 Å². The molecule has 0 aromatic heterocycles. The lowest BCUT2D eigenvalue weighted by Gasteiger charge is -2.37. The number of nitrogens with one attached hydrogen (secondary N) is 1. The van der Waals surface area contributed by atoms with Gasteiger partial charge in [-0.15, -0.1) is 13.2 Å². The molecule has 31 heavy (non-hydrogen) atoms. The molecule has 168 valence electrons. The predicted molar refractivity (Wildman–Crippen MR) is 111 cm³/mol. The standard InChI is InChI=1S/C22H24ClF3N2O3/c1-2-19(29)28-13-7-6-10-18(28)20(30)27-16-11-12-17(15-8-4-3-5-9-15)21(23,14-16)31-22(24,25)26/h3-5,8-9,11-12,18H,2,6-7,10,13-14H2,1H3,(H,27,30). The summed E-state index contributed by atoms with van der Waals surface area (Å²) in [6.45, 7) is 2.21.